The van der Waals surface area contributed by atoms with Gasteiger partial charge in [0, 0.05) is 24.5 Å². The van der Waals surface area contributed by atoms with Crippen molar-refractivity contribution < 1.29 is 5.11 Å². The van der Waals surface area contributed by atoms with Crippen LogP contribution < -0.4 is 5.32 Å². The van der Waals surface area contributed by atoms with Crippen LogP contribution in [0.4, 0.5) is 0 Å². The molecule has 0 aromatic carbocycles. The average molecular weight is 224 g/mol. The van der Waals surface area contributed by atoms with Gasteiger partial charge < -0.3 is 10.4 Å². The summed E-state index contributed by atoms with van der Waals surface area (Å²) in [6.07, 6.45) is 4.02. The molecule has 0 aliphatic heterocycles. The van der Waals surface area contributed by atoms with E-state index in [4.69, 9.17) is 0 Å². The largest absolute Gasteiger partial charge is 0.391 e. The molecule has 1 saturated carbocycles. The molecule has 1 aliphatic rings. The van der Waals surface area contributed by atoms with E-state index in [1.54, 1.807) is 18.0 Å². The van der Waals surface area contributed by atoms with E-state index in [-0.39, 0.29) is 6.10 Å². The number of hydrogen-bond donors (Lipinski definition) is 2. The van der Waals surface area contributed by atoms with Gasteiger partial charge in [0.25, 0.3) is 0 Å². The molecule has 0 spiro atoms. The molecule has 1 aromatic rings. The van der Waals surface area contributed by atoms with E-state index < -0.39 is 0 Å². The molecule has 1 heterocycles. The SMILES string of the molecule is OC(CNC1CC1)CSc1ccccn1. The van der Waals surface area contributed by atoms with Gasteiger partial charge in [-0.2, -0.15) is 0 Å². The Morgan fingerprint density at radius 2 is 2.40 bits per heavy atom. The summed E-state index contributed by atoms with van der Waals surface area (Å²) in [4.78, 5) is 4.19. The van der Waals surface area contributed by atoms with E-state index in [0.29, 0.717) is 18.3 Å². The van der Waals surface area contributed by atoms with E-state index in [9.17, 15) is 5.11 Å². The third-order valence-electron chi connectivity index (χ3n) is 2.28. The Balaban J connectivity index is 1.63. The average Bonchev–Trinajstić information content (AvgIpc) is 3.09. The first-order valence-corrected chi connectivity index (χ1v) is 6.28. The normalized spacial score (nSPS) is 17.7. The van der Waals surface area contributed by atoms with Gasteiger partial charge in [0.2, 0.25) is 0 Å². The molecule has 2 N–H and O–H groups in total. The molecule has 15 heavy (non-hydrogen) atoms. The number of rotatable bonds is 6. The van der Waals surface area contributed by atoms with Crippen molar-refractivity contribution in [3.63, 3.8) is 0 Å². The number of pyridine rings is 1. The molecule has 1 aromatic heterocycles. The van der Waals surface area contributed by atoms with Crippen LogP contribution in [0, 0.1) is 0 Å². The van der Waals surface area contributed by atoms with Crippen molar-refractivity contribution in [2.24, 2.45) is 0 Å². The molecule has 0 saturated heterocycles. The van der Waals surface area contributed by atoms with Crippen molar-refractivity contribution in [2.75, 3.05) is 12.3 Å². The monoisotopic (exact) mass is 224 g/mol. The van der Waals surface area contributed by atoms with Crippen molar-refractivity contribution in [3.05, 3.63) is 24.4 Å². The predicted molar refractivity (Wildman–Crippen MR) is 62.0 cm³/mol. The Labute approximate surface area is 94.3 Å². The summed E-state index contributed by atoms with van der Waals surface area (Å²) in [6, 6.07) is 6.49. The van der Waals surface area contributed by atoms with Crippen molar-refractivity contribution in [2.45, 2.75) is 30.0 Å². The van der Waals surface area contributed by atoms with E-state index >= 15 is 0 Å². The number of aliphatic hydroxyl groups is 1. The Morgan fingerprint density at radius 3 is 3.07 bits per heavy atom. The molecule has 82 valence electrons. The first-order chi connectivity index (χ1) is 7.34. The lowest BCUT2D eigenvalue weighted by molar-refractivity contribution is 0.195. The van der Waals surface area contributed by atoms with Gasteiger partial charge >= 0.3 is 0 Å². The van der Waals surface area contributed by atoms with Gasteiger partial charge in [-0.05, 0) is 25.0 Å². The summed E-state index contributed by atoms with van der Waals surface area (Å²) in [6.45, 7) is 0.699. The van der Waals surface area contributed by atoms with Gasteiger partial charge in [0.05, 0.1) is 11.1 Å². The summed E-state index contributed by atoms with van der Waals surface area (Å²) in [5.41, 5.74) is 0. The molecule has 0 amide bonds. The van der Waals surface area contributed by atoms with Crippen molar-refractivity contribution in [1.82, 2.24) is 10.3 Å². The van der Waals surface area contributed by atoms with Crippen LogP contribution in [0.25, 0.3) is 0 Å². The maximum Gasteiger partial charge on any atom is 0.0960 e. The second kappa shape index (κ2) is 5.49. The zero-order valence-corrected chi connectivity index (χ0v) is 9.41. The number of thioether (sulfide) groups is 1. The number of nitrogens with one attached hydrogen (secondary N) is 1. The first-order valence-electron chi connectivity index (χ1n) is 5.30. The lowest BCUT2D eigenvalue weighted by atomic mass is 10.4. The molecule has 0 bridgehead atoms. The first kappa shape index (κ1) is 10.9. The zero-order valence-electron chi connectivity index (χ0n) is 8.60. The summed E-state index contributed by atoms with van der Waals surface area (Å²) < 4.78 is 0. The highest BCUT2D eigenvalue weighted by atomic mass is 32.2. The lowest BCUT2D eigenvalue weighted by Crippen LogP contribution is -2.29. The van der Waals surface area contributed by atoms with Gasteiger partial charge in [-0.15, -0.1) is 11.8 Å². The summed E-state index contributed by atoms with van der Waals surface area (Å²) in [5.74, 6) is 0.705. The van der Waals surface area contributed by atoms with E-state index in [0.717, 1.165) is 5.03 Å². The van der Waals surface area contributed by atoms with Crippen LogP contribution in [0.3, 0.4) is 0 Å². The minimum atomic E-state index is -0.280. The van der Waals surface area contributed by atoms with Crippen molar-refractivity contribution in [3.8, 4) is 0 Å². The number of aliphatic hydroxyl groups excluding tert-OH is 1. The zero-order chi connectivity index (χ0) is 10.5. The van der Waals surface area contributed by atoms with Gasteiger partial charge in [-0.3, -0.25) is 0 Å². The molecule has 1 fully saturated rings. The maximum absolute atomic E-state index is 9.68. The van der Waals surface area contributed by atoms with Crippen LogP contribution in [0.5, 0.6) is 0 Å². The Morgan fingerprint density at radius 1 is 1.53 bits per heavy atom. The predicted octanol–water partition coefficient (Wildman–Crippen LogP) is 1.29. The lowest BCUT2D eigenvalue weighted by Gasteiger charge is -2.10. The highest BCUT2D eigenvalue weighted by molar-refractivity contribution is 7.99. The Bertz CT molecular complexity index is 290. The van der Waals surface area contributed by atoms with Crippen LogP contribution in [-0.4, -0.2) is 34.5 Å². The number of aromatic nitrogens is 1. The topological polar surface area (TPSA) is 45.1 Å². The fraction of sp³-hybridized carbons (Fsp3) is 0.545. The van der Waals surface area contributed by atoms with Crippen molar-refractivity contribution >= 4 is 11.8 Å². The third kappa shape index (κ3) is 4.20. The standard InChI is InChI=1S/C11H16N2OS/c14-10(7-13-9-4-5-9)8-15-11-3-1-2-6-12-11/h1-3,6,9-10,13-14H,4-5,7-8H2. The molecule has 1 aliphatic carbocycles. The Hall–Kier alpha value is -0.580. The fourth-order valence-corrected chi connectivity index (χ4v) is 2.05. The number of hydrogen-bond acceptors (Lipinski definition) is 4. The fourth-order valence-electron chi connectivity index (χ4n) is 1.26. The van der Waals surface area contributed by atoms with Gasteiger partial charge in [0.1, 0.15) is 0 Å². The third-order valence-corrected chi connectivity index (χ3v) is 3.37. The minimum absolute atomic E-state index is 0.280. The molecule has 4 heteroatoms. The maximum atomic E-state index is 9.68. The second-order valence-corrected chi connectivity index (χ2v) is 4.86. The highest BCUT2D eigenvalue weighted by Crippen LogP contribution is 2.19. The molecular formula is C11H16N2OS. The van der Waals surface area contributed by atoms with Crippen LogP contribution in [-0.2, 0) is 0 Å². The van der Waals surface area contributed by atoms with Crippen molar-refractivity contribution in [1.29, 1.82) is 0 Å². The van der Waals surface area contributed by atoms with Crippen LogP contribution >= 0.6 is 11.8 Å². The van der Waals surface area contributed by atoms with Gasteiger partial charge in [-0.1, -0.05) is 6.07 Å². The van der Waals surface area contributed by atoms with Gasteiger partial charge in [0.15, 0.2) is 0 Å². The second-order valence-electron chi connectivity index (χ2n) is 3.82. The smallest absolute Gasteiger partial charge is 0.0960 e. The summed E-state index contributed by atoms with van der Waals surface area (Å²) in [7, 11) is 0. The molecule has 3 nitrogen and oxygen atoms in total. The quantitative estimate of drug-likeness (QED) is 0.715. The molecule has 1 unspecified atom stereocenters. The van der Waals surface area contributed by atoms with Crippen LogP contribution in [0.1, 0.15) is 12.8 Å². The van der Waals surface area contributed by atoms with Crippen LogP contribution in [0.2, 0.25) is 0 Å². The van der Waals surface area contributed by atoms with E-state index in [1.165, 1.54) is 12.8 Å². The highest BCUT2D eigenvalue weighted by Gasteiger charge is 2.21. The van der Waals surface area contributed by atoms with E-state index in [2.05, 4.69) is 10.3 Å². The van der Waals surface area contributed by atoms with E-state index in [1.807, 2.05) is 18.2 Å². The van der Waals surface area contributed by atoms with Gasteiger partial charge in [-0.25, -0.2) is 4.98 Å². The van der Waals surface area contributed by atoms with Crippen LogP contribution in [0.15, 0.2) is 29.4 Å². The molecule has 1 atom stereocenters. The minimum Gasteiger partial charge on any atom is -0.391 e. The Kier molecular flexibility index (Phi) is 4.00. The summed E-state index contributed by atoms with van der Waals surface area (Å²) >= 11 is 1.60. The summed E-state index contributed by atoms with van der Waals surface area (Å²) in [5, 5.41) is 14.0. The molecular weight excluding hydrogens is 208 g/mol. The molecule has 2 rings (SSSR count). The molecule has 0 radical (unpaired) electrons. The number of nitrogens with zero attached hydrogens (tertiary/aromatic N) is 1.